The van der Waals surface area contributed by atoms with Gasteiger partial charge in [-0.3, -0.25) is 9.78 Å². The van der Waals surface area contributed by atoms with Gasteiger partial charge in [0.2, 0.25) is 0 Å². The van der Waals surface area contributed by atoms with Gasteiger partial charge >= 0.3 is 0 Å². The van der Waals surface area contributed by atoms with Crippen molar-refractivity contribution in [3.63, 3.8) is 0 Å². The van der Waals surface area contributed by atoms with E-state index in [1.807, 2.05) is 0 Å². The van der Waals surface area contributed by atoms with Crippen LogP contribution in [0.4, 0.5) is 4.39 Å². The highest BCUT2D eigenvalue weighted by molar-refractivity contribution is 5.94. The van der Waals surface area contributed by atoms with Crippen molar-refractivity contribution in [2.24, 2.45) is 5.92 Å². The Morgan fingerprint density at radius 3 is 3.22 bits per heavy atom. The fraction of sp³-hybridized carbons (Fsp3) is 0.538. The van der Waals surface area contributed by atoms with Crippen molar-refractivity contribution < 1.29 is 9.18 Å². The van der Waals surface area contributed by atoms with E-state index in [0.717, 1.165) is 32.1 Å². The summed E-state index contributed by atoms with van der Waals surface area (Å²) in [5, 5.41) is 3.45. The third-order valence-electron chi connectivity index (χ3n) is 3.95. The molecule has 1 aromatic heterocycles. The number of nitrogens with zero attached hydrogens (tertiary/aromatic N) is 2. The maximum atomic E-state index is 13.5. The first-order chi connectivity index (χ1) is 8.75. The Morgan fingerprint density at radius 2 is 2.39 bits per heavy atom. The number of nitrogens with one attached hydrogen (secondary N) is 1. The number of hydrogen-bond acceptors (Lipinski definition) is 3. The van der Waals surface area contributed by atoms with E-state index in [9.17, 15) is 9.18 Å². The van der Waals surface area contributed by atoms with Crippen LogP contribution in [0.5, 0.6) is 0 Å². The van der Waals surface area contributed by atoms with Crippen LogP contribution in [0.25, 0.3) is 0 Å². The Bertz CT molecular complexity index is 465. The first kappa shape index (κ1) is 11.6. The maximum Gasteiger partial charge on any atom is 0.256 e. The molecule has 2 atom stereocenters. The van der Waals surface area contributed by atoms with Crippen LogP contribution in [0, 0.1) is 11.7 Å². The molecule has 1 aromatic rings. The molecule has 1 N–H and O–H groups in total. The molecule has 0 radical (unpaired) electrons. The van der Waals surface area contributed by atoms with E-state index in [2.05, 4.69) is 10.3 Å². The number of amides is 1. The van der Waals surface area contributed by atoms with Crippen molar-refractivity contribution in [3.05, 3.63) is 29.8 Å². The van der Waals surface area contributed by atoms with Crippen molar-refractivity contribution in [1.82, 2.24) is 15.2 Å². The average Bonchev–Trinajstić information content (AvgIpc) is 2.85. The molecule has 0 aromatic carbocycles. The monoisotopic (exact) mass is 249 g/mol. The van der Waals surface area contributed by atoms with Crippen LogP contribution in [-0.4, -0.2) is 41.5 Å². The Labute approximate surface area is 105 Å². The van der Waals surface area contributed by atoms with Gasteiger partial charge in [-0.1, -0.05) is 0 Å². The fourth-order valence-corrected chi connectivity index (χ4v) is 2.95. The number of aromatic nitrogens is 1. The zero-order valence-electron chi connectivity index (χ0n) is 10.1. The van der Waals surface area contributed by atoms with Crippen molar-refractivity contribution in [2.45, 2.75) is 18.9 Å². The van der Waals surface area contributed by atoms with Gasteiger partial charge in [0.15, 0.2) is 5.82 Å². The van der Waals surface area contributed by atoms with Gasteiger partial charge in [-0.15, -0.1) is 0 Å². The number of hydrogen-bond donors (Lipinski definition) is 1. The number of carbonyl (C=O) groups excluding carboxylic acids is 1. The molecule has 2 aliphatic rings. The van der Waals surface area contributed by atoms with Gasteiger partial charge in [-0.05, 0) is 31.4 Å². The Morgan fingerprint density at radius 1 is 1.50 bits per heavy atom. The Kier molecular flexibility index (Phi) is 2.99. The highest BCUT2D eigenvalue weighted by atomic mass is 19.1. The predicted molar refractivity (Wildman–Crippen MR) is 64.6 cm³/mol. The van der Waals surface area contributed by atoms with Gasteiger partial charge in [0, 0.05) is 25.3 Å². The smallest absolute Gasteiger partial charge is 0.256 e. The predicted octanol–water partition coefficient (Wildman–Crippen LogP) is 1.04. The lowest BCUT2D eigenvalue weighted by Crippen LogP contribution is -2.47. The zero-order chi connectivity index (χ0) is 12.5. The summed E-state index contributed by atoms with van der Waals surface area (Å²) in [7, 11) is 0. The van der Waals surface area contributed by atoms with Crippen LogP contribution in [0.15, 0.2) is 18.5 Å². The van der Waals surface area contributed by atoms with E-state index in [0.29, 0.717) is 18.5 Å². The van der Waals surface area contributed by atoms with Crippen LogP contribution in [-0.2, 0) is 0 Å². The van der Waals surface area contributed by atoms with Crippen LogP contribution in [0.3, 0.4) is 0 Å². The van der Waals surface area contributed by atoms with Gasteiger partial charge in [0.25, 0.3) is 5.91 Å². The molecular formula is C13H16FN3O. The lowest BCUT2D eigenvalue weighted by Gasteiger charge is -2.34. The molecule has 0 aliphatic carbocycles. The van der Waals surface area contributed by atoms with E-state index in [1.165, 1.54) is 12.3 Å². The minimum absolute atomic E-state index is 0.134. The Hall–Kier alpha value is -1.49. The van der Waals surface area contributed by atoms with Crippen LogP contribution in [0.2, 0.25) is 0 Å². The zero-order valence-corrected chi connectivity index (χ0v) is 10.1. The van der Waals surface area contributed by atoms with Crippen molar-refractivity contribution in [3.8, 4) is 0 Å². The number of piperidine rings is 1. The second-order valence-electron chi connectivity index (χ2n) is 5.00. The number of likely N-dealkylation sites (tertiary alicyclic amines) is 1. The molecule has 2 saturated heterocycles. The quantitative estimate of drug-likeness (QED) is 0.809. The van der Waals surface area contributed by atoms with Gasteiger partial charge < -0.3 is 10.2 Å². The van der Waals surface area contributed by atoms with E-state index in [-0.39, 0.29) is 11.5 Å². The molecule has 5 heteroatoms. The first-order valence-corrected chi connectivity index (χ1v) is 6.38. The number of fused-ring (bicyclic) bond motifs is 1. The normalized spacial score (nSPS) is 27.1. The second kappa shape index (κ2) is 4.65. The standard InChI is InChI=1S/C13H16FN3O/c14-11-7-15-4-2-10(11)13(18)17-6-3-12-9(8-17)1-5-16-12/h2,4,7,9,12,16H,1,3,5-6,8H2. The summed E-state index contributed by atoms with van der Waals surface area (Å²) in [5.41, 5.74) is 0.134. The van der Waals surface area contributed by atoms with E-state index >= 15 is 0 Å². The van der Waals surface area contributed by atoms with Crippen LogP contribution in [0.1, 0.15) is 23.2 Å². The van der Waals surface area contributed by atoms with E-state index < -0.39 is 5.82 Å². The summed E-state index contributed by atoms with van der Waals surface area (Å²) >= 11 is 0. The van der Waals surface area contributed by atoms with Gasteiger partial charge in [-0.25, -0.2) is 4.39 Å². The summed E-state index contributed by atoms with van der Waals surface area (Å²) in [6.07, 6.45) is 4.62. The highest BCUT2D eigenvalue weighted by Crippen LogP contribution is 2.25. The average molecular weight is 249 g/mol. The molecule has 2 fully saturated rings. The number of pyridine rings is 1. The molecular weight excluding hydrogens is 233 g/mol. The molecule has 96 valence electrons. The molecule has 1 amide bonds. The van der Waals surface area contributed by atoms with E-state index in [1.54, 1.807) is 4.90 Å². The molecule has 4 nitrogen and oxygen atoms in total. The minimum atomic E-state index is -0.533. The second-order valence-corrected chi connectivity index (χ2v) is 5.00. The summed E-state index contributed by atoms with van der Waals surface area (Å²) in [6.45, 7) is 2.47. The molecule has 0 saturated carbocycles. The summed E-state index contributed by atoms with van der Waals surface area (Å²) in [5.74, 6) is -0.220. The Balaban J connectivity index is 1.75. The topological polar surface area (TPSA) is 45.2 Å². The number of halogens is 1. The molecule has 0 spiro atoms. The fourth-order valence-electron chi connectivity index (χ4n) is 2.95. The van der Waals surface area contributed by atoms with Crippen LogP contribution >= 0.6 is 0 Å². The number of carbonyl (C=O) groups is 1. The molecule has 18 heavy (non-hydrogen) atoms. The summed E-state index contributed by atoms with van der Waals surface area (Å²) in [6, 6.07) is 1.99. The van der Waals surface area contributed by atoms with E-state index in [4.69, 9.17) is 0 Å². The molecule has 3 heterocycles. The van der Waals surface area contributed by atoms with Crippen molar-refractivity contribution in [2.75, 3.05) is 19.6 Å². The lowest BCUT2D eigenvalue weighted by molar-refractivity contribution is 0.0657. The molecule has 0 bridgehead atoms. The minimum Gasteiger partial charge on any atom is -0.338 e. The third-order valence-corrected chi connectivity index (χ3v) is 3.95. The first-order valence-electron chi connectivity index (χ1n) is 6.38. The summed E-state index contributed by atoms with van der Waals surface area (Å²) in [4.78, 5) is 17.7. The number of rotatable bonds is 1. The van der Waals surface area contributed by atoms with Crippen molar-refractivity contribution in [1.29, 1.82) is 0 Å². The van der Waals surface area contributed by atoms with Gasteiger partial charge in [0.1, 0.15) is 0 Å². The van der Waals surface area contributed by atoms with Gasteiger partial charge in [0.05, 0.1) is 11.8 Å². The largest absolute Gasteiger partial charge is 0.338 e. The van der Waals surface area contributed by atoms with Gasteiger partial charge in [-0.2, -0.15) is 0 Å². The third kappa shape index (κ3) is 1.99. The molecule has 2 unspecified atom stereocenters. The van der Waals surface area contributed by atoms with Crippen LogP contribution < -0.4 is 5.32 Å². The highest BCUT2D eigenvalue weighted by Gasteiger charge is 2.34. The maximum absolute atomic E-state index is 13.5. The van der Waals surface area contributed by atoms with Crippen molar-refractivity contribution >= 4 is 5.91 Å². The lowest BCUT2D eigenvalue weighted by atomic mass is 9.93. The SMILES string of the molecule is O=C(c1ccncc1F)N1CCC2NCCC2C1. The summed E-state index contributed by atoms with van der Waals surface area (Å²) < 4.78 is 13.5. The molecule has 3 rings (SSSR count). The molecule has 2 aliphatic heterocycles.